The van der Waals surface area contributed by atoms with Crippen LogP contribution in [0.5, 0.6) is 5.75 Å². The highest BCUT2D eigenvalue weighted by atomic mass is 16.5. The van der Waals surface area contributed by atoms with Crippen LogP contribution in [0.4, 0.5) is 5.69 Å². The molecule has 0 unspecified atom stereocenters. The Hall–Kier alpha value is -1.84. The first-order valence-corrected chi connectivity index (χ1v) is 5.16. The first-order valence-electron chi connectivity index (χ1n) is 5.16. The Bertz CT molecular complexity index is 346. The highest BCUT2D eigenvalue weighted by Crippen LogP contribution is 2.15. The van der Waals surface area contributed by atoms with Crippen molar-refractivity contribution in [3.05, 3.63) is 24.3 Å². The molecule has 86 valence electrons. The number of carbonyl (C=O) groups is 2. The number of anilines is 1. The molecular weight excluding hydrogens is 206 g/mol. The number of unbranched alkanes of at least 4 members (excludes halogenated alkanes) is 1. The summed E-state index contributed by atoms with van der Waals surface area (Å²) in [6.45, 7) is 1.99. The summed E-state index contributed by atoms with van der Waals surface area (Å²) in [5, 5.41) is 2.67. The molecule has 0 aliphatic heterocycles. The molecule has 1 aromatic carbocycles. The number of hydrogen-bond donors (Lipinski definition) is 1. The van der Waals surface area contributed by atoms with E-state index in [1.807, 2.05) is 0 Å². The maximum absolute atomic E-state index is 10.8. The Balaban J connectivity index is 2.38. The largest absolute Gasteiger partial charge is 0.494 e. The van der Waals surface area contributed by atoms with Crippen molar-refractivity contribution in [3.63, 3.8) is 0 Å². The van der Waals surface area contributed by atoms with Gasteiger partial charge in [0.05, 0.1) is 6.61 Å². The monoisotopic (exact) mass is 221 g/mol. The lowest BCUT2D eigenvalue weighted by molar-refractivity contribution is -0.114. The fourth-order valence-electron chi connectivity index (χ4n) is 1.19. The summed E-state index contributed by atoms with van der Waals surface area (Å²) in [6.07, 6.45) is 2.12. The second kappa shape index (κ2) is 6.61. The van der Waals surface area contributed by atoms with Crippen molar-refractivity contribution < 1.29 is 14.3 Å². The van der Waals surface area contributed by atoms with Crippen LogP contribution in [-0.4, -0.2) is 18.8 Å². The van der Waals surface area contributed by atoms with E-state index in [0.717, 1.165) is 24.1 Å². The fraction of sp³-hybridized carbons (Fsp3) is 0.333. The summed E-state index contributed by atoms with van der Waals surface area (Å²) in [7, 11) is 0. The normalized spacial score (nSPS) is 9.56. The zero-order valence-electron chi connectivity index (χ0n) is 9.23. The molecule has 1 rings (SSSR count). The van der Waals surface area contributed by atoms with Gasteiger partial charge < -0.3 is 14.8 Å². The van der Waals surface area contributed by atoms with Gasteiger partial charge in [0.25, 0.3) is 0 Å². The molecule has 0 spiro atoms. The maximum Gasteiger partial charge on any atom is 0.221 e. The molecule has 16 heavy (non-hydrogen) atoms. The van der Waals surface area contributed by atoms with Crippen LogP contribution >= 0.6 is 0 Å². The molecule has 0 fully saturated rings. The molecule has 0 atom stereocenters. The lowest BCUT2D eigenvalue weighted by Gasteiger charge is -2.06. The van der Waals surface area contributed by atoms with Crippen LogP contribution in [0.2, 0.25) is 0 Å². The van der Waals surface area contributed by atoms with Gasteiger partial charge in [0, 0.05) is 19.0 Å². The topological polar surface area (TPSA) is 55.4 Å². The third-order valence-electron chi connectivity index (χ3n) is 1.91. The van der Waals surface area contributed by atoms with Crippen molar-refractivity contribution >= 4 is 17.9 Å². The molecule has 1 amide bonds. The molecule has 0 aromatic heterocycles. The molecule has 4 heteroatoms. The number of aldehydes is 1. The van der Waals surface area contributed by atoms with Crippen LogP contribution in [0, 0.1) is 0 Å². The minimum absolute atomic E-state index is 0.0975. The molecule has 4 nitrogen and oxygen atoms in total. The minimum Gasteiger partial charge on any atom is -0.494 e. The lowest BCUT2D eigenvalue weighted by Crippen LogP contribution is -2.05. The van der Waals surface area contributed by atoms with Gasteiger partial charge in [0.15, 0.2) is 0 Å². The lowest BCUT2D eigenvalue weighted by atomic mass is 10.3. The van der Waals surface area contributed by atoms with Crippen LogP contribution in [0.15, 0.2) is 24.3 Å². The van der Waals surface area contributed by atoms with E-state index in [-0.39, 0.29) is 5.91 Å². The van der Waals surface area contributed by atoms with E-state index in [1.54, 1.807) is 24.3 Å². The van der Waals surface area contributed by atoms with Crippen molar-refractivity contribution in [2.45, 2.75) is 19.8 Å². The van der Waals surface area contributed by atoms with Gasteiger partial charge in [-0.1, -0.05) is 0 Å². The van der Waals surface area contributed by atoms with E-state index in [9.17, 15) is 9.59 Å². The molecule has 1 N–H and O–H groups in total. The summed E-state index contributed by atoms with van der Waals surface area (Å²) in [5.74, 6) is 0.639. The van der Waals surface area contributed by atoms with Gasteiger partial charge in [0.2, 0.25) is 5.91 Å². The summed E-state index contributed by atoms with van der Waals surface area (Å²) in [5.41, 5.74) is 0.743. The van der Waals surface area contributed by atoms with E-state index >= 15 is 0 Å². The van der Waals surface area contributed by atoms with Gasteiger partial charge in [-0.2, -0.15) is 0 Å². The van der Waals surface area contributed by atoms with Crippen LogP contribution in [0.3, 0.4) is 0 Å². The third-order valence-corrected chi connectivity index (χ3v) is 1.91. The molecule has 0 aliphatic carbocycles. The highest BCUT2D eigenvalue weighted by molar-refractivity contribution is 5.88. The number of amides is 1. The van der Waals surface area contributed by atoms with Crippen LogP contribution in [-0.2, 0) is 9.59 Å². The van der Waals surface area contributed by atoms with Crippen molar-refractivity contribution in [3.8, 4) is 5.75 Å². The zero-order valence-corrected chi connectivity index (χ0v) is 9.23. The molecule has 0 saturated heterocycles. The third kappa shape index (κ3) is 4.59. The summed E-state index contributed by atoms with van der Waals surface area (Å²) in [4.78, 5) is 20.8. The van der Waals surface area contributed by atoms with E-state index < -0.39 is 0 Å². The van der Waals surface area contributed by atoms with E-state index in [2.05, 4.69) is 5.32 Å². The Morgan fingerprint density at radius 2 is 2.06 bits per heavy atom. The Morgan fingerprint density at radius 1 is 1.38 bits per heavy atom. The van der Waals surface area contributed by atoms with Gasteiger partial charge >= 0.3 is 0 Å². The molecule has 0 bridgehead atoms. The average Bonchev–Trinajstić information content (AvgIpc) is 2.26. The Labute approximate surface area is 94.6 Å². The molecular formula is C12H15NO3. The first kappa shape index (κ1) is 12.2. The Kier molecular flexibility index (Phi) is 5.05. The zero-order chi connectivity index (χ0) is 11.8. The highest BCUT2D eigenvalue weighted by Gasteiger charge is 1.96. The predicted molar refractivity (Wildman–Crippen MR) is 61.5 cm³/mol. The second-order valence-corrected chi connectivity index (χ2v) is 3.36. The number of ether oxygens (including phenoxy) is 1. The number of carbonyl (C=O) groups excluding carboxylic acids is 2. The van der Waals surface area contributed by atoms with Crippen LogP contribution in [0.1, 0.15) is 19.8 Å². The van der Waals surface area contributed by atoms with E-state index in [1.165, 1.54) is 6.92 Å². The molecule has 0 heterocycles. The van der Waals surface area contributed by atoms with Gasteiger partial charge in [-0.25, -0.2) is 0 Å². The summed E-state index contributed by atoms with van der Waals surface area (Å²) < 4.78 is 5.40. The van der Waals surface area contributed by atoms with Crippen molar-refractivity contribution in [1.29, 1.82) is 0 Å². The van der Waals surface area contributed by atoms with E-state index in [4.69, 9.17) is 4.74 Å². The van der Waals surface area contributed by atoms with E-state index in [0.29, 0.717) is 13.0 Å². The summed E-state index contributed by atoms with van der Waals surface area (Å²) in [6, 6.07) is 7.12. The van der Waals surface area contributed by atoms with Gasteiger partial charge in [0.1, 0.15) is 12.0 Å². The van der Waals surface area contributed by atoms with Crippen LogP contribution in [0.25, 0.3) is 0 Å². The first-order chi connectivity index (χ1) is 7.72. The Morgan fingerprint density at radius 3 is 2.62 bits per heavy atom. The number of nitrogens with one attached hydrogen (secondary N) is 1. The van der Waals surface area contributed by atoms with Crippen molar-refractivity contribution in [2.24, 2.45) is 0 Å². The fourth-order valence-corrected chi connectivity index (χ4v) is 1.19. The van der Waals surface area contributed by atoms with Crippen molar-refractivity contribution in [2.75, 3.05) is 11.9 Å². The molecule has 0 saturated carbocycles. The van der Waals surface area contributed by atoms with Crippen molar-refractivity contribution in [1.82, 2.24) is 0 Å². The maximum atomic E-state index is 10.8. The number of rotatable bonds is 6. The molecule has 0 aliphatic rings. The second-order valence-electron chi connectivity index (χ2n) is 3.36. The predicted octanol–water partition coefficient (Wildman–Crippen LogP) is 2.00. The number of hydrogen-bond acceptors (Lipinski definition) is 3. The minimum atomic E-state index is -0.0975. The summed E-state index contributed by atoms with van der Waals surface area (Å²) >= 11 is 0. The standard InChI is InChI=1S/C12H15NO3/c1-10(15)13-11-4-6-12(7-5-11)16-9-3-2-8-14/h4-8H,2-3,9H2,1H3,(H,13,15). The molecule has 0 radical (unpaired) electrons. The molecule has 1 aromatic rings. The van der Waals surface area contributed by atoms with Crippen LogP contribution < -0.4 is 10.1 Å². The van der Waals surface area contributed by atoms with Gasteiger partial charge in [-0.15, -0.1) is 0 Å². The SMILES string of the molecule is CC(=O)Nc1ccc(OCCCC=O)cc1. The van der Waals surface area contributed by atoms with Gasteiger partial charge in [-0.05, 0) is 30.7 Å². The van der Waals surface area contributed by atoms with Gasteiger partial charge in [-0.3, -0.25) is 4.79 Å². The quantitative estimate of drug-likeness (QED) is 0.590. The average molecular weight is 221 g/mol. The number of benzene rings is 1. The smallest absolute Gasteiger partial charge is 0.221 e.